The fourth-order valence-corrected chi connectivity index (χ4v) is 2.42. The van der Waals surface area contributed by atoms with Gasteiger partial charge in [0.2, 0.25) is 11.8 Å². The molecule has 0 bridgehead atoms. The van der Waals surface area contributed by atoms with Gasteiger partial charge in [0.25, 0.3) is 5.91 Å². The van der Waals surface area contributed by atoms with Crippen molar-refractivity contribution < 1.29 is 14.4 Å². The molecule has 3 amide bonds. The monoisotopic (exact) mass is 315 g/mol. The lowest BCUT2D eigenvalue weighted by Crippen LogP contribution is -2.44. The van der Waals surface area contributed by atoms with Crippen LogP contribution in [0.15, 0.2) is 35.3 Å². The Morgan fingerprint density at radius 1 is 1.30 bits per heavy atom. The van der Waals surface area contributed by atoms with Crippen LogP contribution >= 0.6 is 0 Å². The summed E-state index contributed by atoms with van der Waals surface area (Å²) < 4.78 is 0. The predicted octanol–water partition coefficient (Wildman–Crippen LogP) is 1.38. The van der Waals surface area contributed by atoms with Gasteiger partial charge in [-0.3, -0.25) is 14.4 Å². The number of nitrogens with zero attached hydrogens (tertiary/aromatic N) is 1. The number of nitrogens with one attached hydrogen (secondary N) is 2. The second kappa shape index (κ2) is 7.67. The molecule has 6 heteroatoms. The van der Waals surface area contributed by atoms with E-state index in [9.17, 15) is 14.4 Å². The zero-order valence-electron chi connectivity index (χ0n) is 13.3. The molecule has 0 radical (unpaired) electrons. The van der Waals surface area contributed by atoms with Gasteiger partial charge in [0.1, 0.15) is 11.8 Å². The van der Waals surface area contributed by atoms with E-state index in [1.54, 1.807) is 0 Å². The van der Waals surface area contributed by atoms with Gasteiger partial charge in [0, 0.05) is 13.0 Å². The standard InChI is InChI=1S/C17H21N3O3/c1-3-13(12-7-5-4-6-8-12)17(23)18-10-9-14-19-15(21)11(2)16(22)20-14/h4-8,11,13H,3,9-10H2,1-2H3,(H,18,23)(H,19,20,21,22)/t13-/m0/s1. The van der Waals surface area contributed by atoms with Gasteiger partial charge in [0.15, 0.2) is 0 Å². The summed E-state index contributed by atoms with van der Waals surface area (Å²) in [5, 5.41) is 5.42. The lowest BCUT2D eigenvalue weighted by atomic mass is 9.95. The highest BCUT2D eigenvalue weighted by molar-refractivity contribution is 6.15. The van der Waals surface area contributed by atoms with Crippen LogP contribution in [0.1, 0.15) is 38.2 Å². The summed E-state index contributed by atoms with van der Waals surface area (Å²) in [4.78, 5) is 39.2. The van der Waals surface area contributed by atoms with E-state index in [0.29, 0.717) is 25.2 Å². The number of carbonyl (C=O) groups is 3. The van der Waals surface area contributed by atoms with Gasteiger partial charge in [-0.25, -0.2) is 0 Å². The minimum atomic E-state index is -0.740. The fourth-order valence-electron chi connectivity index (χ4n) is 2.42. The first-order valence-corrected chi connectivity index (χ1v) is 7.77. The number of benzene rings is 1. The van der Waals surface area contributed by atoms with Crippen LogP contribution in [0.25, 0.3) is 0 Å². The van der Waals surface area contributed by atoms with E-state index in [1.807, 2.05) is 37.3 Å². The SMILES string of the molecule is CC[C@H](C(=O)NCCC1=NC(=O)[C@H](C)C(=O)N1)c1ccccc1. The Labute approximate surface area is 135 Å². The molecule has 6 nitrogen and oxygen atoms in total. The van der Waals surface area contributed by atoms with Gasteiger partial charge >= 0.3 is 0 Å². The van der Waals surface area contributed by atoms with Crippen molar-refractivity contribution in [1.82, 2.24) is 10.6 Å². The van der Waals surface area contributed by atoms with Crippen LogP contribution in [0.4, 0.5) is 0 Å². The van der Waals surface area contributed by atoms with Crippen molar-refractivity contribution in [2.24, 2.45) is 10.9 Å². The minimum Gasteiger partial charge on any atom is -0.355 e. The quantitative estimate of drug-likeness (QED) is 0.777. The molecule has 0 saturated carbocycles. The summed E-state index contributed by atoms with van der Waals surface area (Å²) in [5.41, 5.74) is 0.972. The zero-order valence-corrected chi connectivity index (χ0v) is 13.3. The van der Waals surface area contributed by atoms with Crippen LogP contribution in [0.2, 0.25) is 0 Å². The summed E-state index contributed by atoms with van der Waals surface area (Å²) in [7, 11) is 0. The van der Waals surface area contributed by atoms with Crippen LogP contribution in [0.5, 0.6) is 0 Å². The van der Waals surface area contributed by atoms with Crippen molar-refractivity contribution in [3.05, 3.63) is 35.9 Å². The largest absolute Gasteiger partial charge is 0.355 e. The molecule has 1 aliphatic rings. The Hall–Kier alpha value is -2.50. The first kappa shape index (κ1) is 16.9. The molecule has 1 aliphatic heterocycles. The topological polar surface area (TPSA) is 87.6 Å². The van der Waals surface area contributed by atoms with E-state index in [1.165, 1.54) is 6.92 Å². The number of amidine groups is 1. The molecule has 0 fully saturated rings. The third kappa shape index (κ3) is 4.25. The molecule has 2 N–H and O–H groups in total. The van der Waals surface area contributed by atoms with E-state index in [-0.39, 0.29) is 17.7 Å². The van der Waals surface area contributed by atoms with Gasteiger partial charge in [-0.15, -0.1) is 0 Å². The normalized spacial score (nSPS) is 18.9. The Kier molecular flexibility index (Phi) is 5.62. The Morgan fingerprint density at radius 3 is 2.61 bits per heavy atom. The summed E-state index contributed by atoms with van der Waals surface area (Å²) in [6.45, 7) is 3.80. The van der Waals surface area contributed by atoms with E-state index >= 15 is 0 Å². The third-order valence-corrected chi connectivity index (χ3v) is 3.86. The zero-order chi connectivity index (χ0) is 16.8. The smallest absolute Gasteiger partial charge is 0.259 e. The van der Waals surface area contributed by atoms with Crippen LogP contribution in [-0.2, 0) is 14.4 Å². The predicted molar refractivity (Wildman–Crippen MR) is 86.8 cm³/mol. The second-order valence-corrected chi connectivity index (χ2v) is 5.52. The number of hydrogen-bond acceptors (Lipinski definition) is 3. The van der Waals surface area contributed by atoms with Gasteiger partial charge in [-0.1, -0.05) is 37.3 Å². The molecule has 0 aromatic heterocycles. The van der Waals surface area contributed by atoms with Crippen molar-refractivity contribution in [3.63, 3.8) is 0 Å². The maximum Gasteiger partial charge on any atom is 0.259 e. The summed E-state index contributed by atoms with van der Waals surface area (Å²) >= 11 is 0. The number of carbonyl (C=O) groups excluding carboxylic acids is 3. The molecule has 1 heterocycles. The number of aliphatic imine (C=N–C) groups is 1. The highest BCUT2D eigenvalue weighted by Crippen LogP contribution is 2.19. The minimum absolute atomic E-state index is 0.0684. The molecular formula is C17H21N3O3. The molecule has 2 rings (SSSR count). The van der Waals surface area contributed by atoms with Crippen molar-refractivity contribution >= 4 is 23.6 Å². The summed E-state index contributed by atoms with van der Waals surface area (Å²) in [6.07, 6.45) is 1.02. The highest BCUT2D eigenvalue weighted by Gasteiger charge is 2.27. The molecule has 23 heavy (non-hydrogen) atoms. The van der Waals surface area contributed by atoms with Crippen LogP contribution in [0, 0.1) is 5.92 Å². The van der Waals surface area contributed by atoms with E-state index in [0.717, 1.165) is 5.56 Å². The van der Waals surface area contributed by atoms with Crippen LogP contribution in [0.3, 0.4) is 0 Å². The van der Waals surface area contributed by atoms with Crippen LogP contribution < -0.4 is 10.6 Å². The van der Waals surface area contributed by atoms with E-state index in [4.69, 9.17) is 0 Å². The Balaban J connectivity index is 1.88. The second-order valence-electron chi connectivity index (χ2n) is 5.52. The molecule has 0 spiro atoms. The first-order chi connectivity index (χ1) is 11.0. The summed E-state index contributed by atoms with van der Waals surface area (Å²) in [6, 6.07) is 9.59. The van der Waals surface area contributed by atoms with Gasteiger partial charge < -0.3 is 10.6 Å². The molecule has 0 saturated heterocycles. The molecular weight excluding hydrogens is 294 g/mol. The highest BCUT2D eigenvalue weighted by atomic mass is 16.2. The van der Waals surface area contributed by atoms with E-state index in [2.05, 4.69) is 15.6 Å². The molecule has 0 aliphatic carbocycles. The average molecular weight is 315 g/mol. The number of amides is 3. The first-order valence-electron chi connectivity index (χ1n) is 7.77. The van der Waals surface area contributed by atoms with E-state index < -0.39 is 11.8 Å². The fraction of sp³-hybridized carbons (Fsp3) is 0.412. The number of hydrogen-bond donors (Lipinski definition) is 2. The van der Waals surface area contributed by atoms with Gasteiger partial charge in [0.05, 0.1) is 5.92 Å². The molecule has 1 aromatic rings. The molecule has 1 aromatic carbocycles. The van der Waals surface area contributed by atoms with Crippen LogP contribution in [-0.4, -0.2) is 30.1 Å². The van der Waals surface area contributed by atoms with Crippen molar-refractivity contribution in [2.45, 2.75) is 32.6 Å². The number of rotatable bonds is 6. The Morgan fingerprint density at radius 2 is 2.00 bits per heavy atom. The maximum atomic E-state index is 12.3. The lowest BCUT2D eigenvalue weighted by Gasteiger charge is -2.18. The maximum absolute atomic E-state index is 12.3. The lowest BCUT2D eigenvalue weighted by molar-refractivity contribution is -0.132. The summed E-state index contributed by atoms with van der Waals surface area (Å²) in [5.74, 6) is -1.49. The Bertz CT molecular complexity index is 625. The molecule has 122 valence electrons. The van der Waals surface area contributed by atoms with Gasteiger partial charge in [-0.05, 0) is 18.9 Å². The molecule has 2 atom stereocenters. The van der Waals surface area contributed by atoms with Crippen molar-refractivity contribution in [3.8, 4) is 0 Å². The molecule has 0 unspecified atom stereocenters. The van der Waals surface area contributed by atoms with Gasteiger partial charge in [-0.2, -0.15) is 4.99 Å². The van der Waals surface area contributed by atoms with Crippen molar-refractivity contribution in [2.75, 3.05) is 6.54 Å². The van der Waals surface area contributed by atoms with Crippen molar-refractivity contribution in [1.29, 1.82) is 0 Å². The third-order valence-electron chi connectivity index (χ3n) is 3.86. The average Bonchev–Trinajstić information content (AvgIpc) is 2.54.